The van der Waals surface area contributed by atoms with E-state index < -0.39 is 0 Å². The summed E-state index contributed by atoms with van der Waals surface area (Å²) in [5, 5.41) is 3.14. The number of piperidine rings is 1. The van der Waals surface area contributed by atoms with Crippen molar-refractivity contribution >= 4 is 11.9 Å². The number of rotatable bonds is 9. The zero-order chi connectivity index (χ0) is 21.5. The molecule has 0 aliphatic carbocycles. The number of hydrogen-bond donors (Lipinski definition) is 1. The molecule has 1 N–H and O–H groups in total. The van der Waals surface area contributed by atoms with Gasteiger partial charge in [-0.15, -0.1) is 0 Å². The molecule has 0 radical (unpaired) electrons. The minimum atomic E-state index is -0.141. The quantitative estimate of drug-likeness (QED) is 0.660. The van der Waals surface area contributed by atoms with Crippen LogP contribution in [0.2, 0.25) is 0 Å². The molecule has 0 aromatic heterocycles. The monoisotopic (exact) mass is 418 g/mol. The first-order valence-corrected chi connectivity index (χ1v) is 10.9. The summed E-state index contributed by atoms with van der Waals surface area (Å²) in [6.45, 7) is 10.1. The van der Waals surface area contributed by atoms with Crippen molar-refractivity contribution < 1.29 is 19.1 Å². The number of nitrogens with one attached hydrogen (secondary N) is 1. The molecule has 2 fully saturated rings. The second-order valence-corrected chi connectivity index (χ2v) is 7.71. The van der Waals surface area contributed by atoms with Crippen LogP contribution in [0.15, 0.2) is 24.3 Å². The first-order valence-electron chi connectivity index (χ1n) is 10.9. The van der Waals surface area contributed by atoms with Gasteiger partial charge in [0.1, 0.15) is 5.75 Å². The standard InChI is InChI=1S/C22H34N4O4/c1-4-25-14-15-26(22(25)28)13-12-24-11-10-18(20(16-24)30-5-2)23-21(27)17-8-6-7-9-19(17)29-3/h6-9,18,20H,4-5,10-16H2,1-3H3,(H,23,27). The Hall–Kier alpha value is -2.32. The second-order valence-electron chi connectivity index (χ2n) is 7.71. The van der Waals surface area contributed by atoms with Crippen LogP contribution in [0.25, 0.3) is 0 Å². The molecule has 2 aliphatic heterocycles. The first kappa shape index (κ1) is 22.4. The van der Waals surface area contributed by atoms with E-state index in [4.69, 9.17) is 9.47 Å². The Morgan fingerprint density at radius 1 is 1.13 bits per heavy atom. The maximum atomic E-state index is 12.8. The van der Waals surface area contributed by atoms with Crippen LogP contribution in [0.1, 0.15) is 30.6 Å². The van der Waals surface area contributed by atoms with E-state index in [9.17, 15) is 9.59 Å². The van der Waals surface area contributed by atoms with Gasteiger partial charge in [-0.3, -0.25) is 9.69 Å². The fourth-order valence-electron chi connectivity index (χ4n) is 4.21. The predicted molar refractivity (Wildman–Crippen MR) is 115 cm³/mol. The zero-order valence-electron chi connectivity index (χ0n) is 18.3. The van der Waals surface area contributed by atoms with Gasteiger partial charge in [-0.25, -0.2) is 4.79 Å². The van der Waals surface area contributed by atoms with Crippen molar-refractivity contribution in [2.75, 3.05) is 59.5 Å². The van der Waals surface area contributed by atoms with Crippen molar-refractivity contribution in [1.82, 2.24) is 20.0 Å². The minimum Gasteiger partial charge on any atom is -0.496 e. The number of nitrogens with zero attached hydrogens (tertiary/aromatic N) is 3. The third kappa shape index (κ3) is 5.23. The van der Waals surface area contributed by atoms with Crippen molar-refractivity contribution in [2.24, 2.45) is 0 Å². The van der Waals surface area contributed by atoms with E-state index in [0.29, 0.717) is 17.9 Å². The normalized spacial score (nSPS) is 22.4. The van der Waals surface area contributed by atoms with Gasteiger partial charge in [0.15, 0.2) is 0 Å². The fraction of sp³-hybridized carbons (Fsp3) is 0.636. The molecule has 2 saturated heterocycles. The van der Waals surface area contributed by atoms with Gasteiger partial charge in [0.05, 0.1) is 24.8 Å². The number of hydrogen-bond acceptors (Lipinski definition) is 5. The van der Waals surface area contributed by atoms with Crippen LogP contribution in [0.3, 0.4) is 0 Å². The van der Waals surface area contributed by atoms with Gasteiger partial charge in [-0.2, -0.15) is 0 Å². The number of amides is 3. The van der Waals surface area contributed by atoms with Crippen LogP contribution in [-0.2, 0) is 4.74 Å². The van der Waals surface area contributed by atoms with Crippen molar-refractivity contribution in [2.45, 2.75) is 32.4 Å². The molecule has 1 aromatic rings. The van der Waals surface area contributed by atoms with Crippen LogP contribution < -0.4 is 10.1 Å². The Kier molecular flexibility index (Phi) is 7.93. The molecule has 8 heteroatoms. The van der Waals surface area contributed by atoms with Crippen molar-refractivity contribution in [1.29, 1.82) is 0 Å². The van der Waals surface area contributed by atoms with Crippen LogP contribution in [-0.4, -0.2) is 98.3 Å². The minimum absolute atomic E-state index is 0.0531. The van der Waals surface area contributed by atoms with E-state index in [1.54, 1.807) is 19.2 Å². The third-order valence-electron chi connectivity index (χ3n) is 5.94. The van der Waals surface area contributed by atoms with Crippen LogP contribution in [0, 0.1) is 0 Å². The maximum Gasteiger partial charge on any atom is 0.320 e. The number of benzene rings is 1. The van der Waals surface area contributed by atoms with Gasteiger partial charge in [0, 0.05) is 52.4 Å². The Bertz CT molecular complexity index is 729. The van der Waals surface area contributed by atoms with Crippen LogP contribution in [0.5, 0.6) is 5.75 Å². The van der Waals surface area contributed by atoms with E-state index >= 15 is 0 Å². The highest BCUT2D eigenvalue weighted by Crippen LogP contribution is 2.20. The molecular formula is C22H34N4O4. The van der Waals surface area contributed by atoms with E-state index in [1.165, 1.54) is 0 Å². The molecule has 30 heavy (non-hydrogen) atoms. The summed E-state index contributed by atoms with van der Waals surface area (Å²) in [4.78, 5) is 31.2. The zero-order valence-corrected chi connectivity index (χ0v) is 18.3. The summed E-state index contributed by atoms with van der Waals surface area (Å²) >= 11 is 0. The number of likely N-dealkylation sites (tertiary alicyclic amines) is 1. The lowest BCUT2D eigenvalue weighted by Gasteiger charge is -2.39. The summed E-state index contributed by atoms with van der Waals surface area (Å²) in [5.41, 5.74) is 0.533. The first-order chi connectivity index (χ1) is 14.6. The molecule has 3 rings (SSSR count). The average Bonchev–Trinajstić information content (AvgIpc) is 3.13. The second kappa shape index (κ2) is 10.6. The summed E-state index contributed by atoms with van der Waals surface area (Å²) in [6, 6.07) is 7.32. The van der Waals surface area contributed by atoms with E-state index in [-0.39, 0.29) is 24.1 Å². The summed E-state index contributed by atoms with van der Waals surface area (Å²) < 4.78 is 11.3. The van der Waals surface area contributed by atoms with E-state index in [2.05, 4.69) is 10.2 Å². The van der Waals surface area contributed by atoms with Gasteiger partial charge >= 0.3 is 6.03 Å². The third-order valence-corrected chi connectivity index (χ3v) is 5.94. The highest BCUT2D eigenvalue weighted by molar-refractivity contribution is 5.97. The largest absolute Gasteiger partial charge is 0.496 e. The molecule has 0 spiro atoms. The van der Waals surface area contributed by atoms with Gasteiger partial charge in [0.25, 0.3) is 5.91 Å². The molecule has 3 amide bonds. The molecule has 2 unspecified atom stereocenters. The topological polar surface area (TPSA) is 74.4 Å². The SMILES string of the molecule is CCOC1CN(CCN2CCN(CC)C2=O)CCC1NC(=O)c1ccccc1OC. The van der Waals surface area contributed by atoms with E-state index in [0.717, 1.165) is 52.2 Å². The fourth-order valence-corrected chi connectivity index (χ4v) is 4.21. The summed E-state index contributed by atoms with van der Waals surface area (Å²) in [5.74, 6) is 0.426. The Balaban J connectivity index is 1.55. The van der Waals surface area contributed by atoms with Crippen molar-refractivity contribution in [3.05, 3.63) is 29.8 Å². The lowest BCUT2D eigenvalue weighted by Crippen LogP contribution is -2.56. The molecule has 0 saturated carbocycles. The Morgan fingerprint density at radius 3 is 2.60 bits per heavy atom. The number of carbonyl (C=O) groups is 2. The lowest BCUT2D eigenvalue weighted by molar-refractivity contribution is -0.0164. The molecule has 8 nitrogen and oxygen atoms in total. The number of urea groups is 1. The smallest absolute Gasteiger partial charge is 0.320 e. The molecule has 0 bridgehead atoms. The van der Waals surface area contributed by atoms with Gasteiger partial charge in [-0.1, -0.05) is 12.1 Å². The molecule has 166 valence electrons. The van der Waals surface area contributed by atoms with Gasteiger partial charge in [-0.05, 0) is 32.4 Å². The molecular weight excluding hydrogens is 384 g/mol. The summed E-state index contributed by atoms with van der Waals surface area (Å²) in [6.07, 6.45) is 0.726. The van der Waals surface area contributed by atoms with E-state index in [1.807, 2.05) is 35.8 Å². The Morgan fingerprint density at radius 2 is 1.90 bits per heavy atom. The molecule has 2 atom stereocenters. The number of ether oxygens (including phenoxy) is 2. The average molecular weight is 419 g/mol. The Labute approximate surface area is 179 Å². The number of para-hydroxylation sites is 1. The highest BCUT2D eigenvalue weighted by Gasteiger charge is 2.33. The molecule has 2 heterocycles. The van der Waals surface area contributed by atoms with Gasteiger partial charge < -0.3 is 24.6 Å². The lowest BCUT2D eigenvalue weighted by atomic mass is 10.0. The number of likely N-dealkylation sites (N-methyl/N-ethyl adjacent to an activating group) is 1. The van der Waals surface area contributed by atoms with Crippen LogP contribution >= 0.6 is 0 Å². The van der Waals surface area contributed by atoms with Crippen molar-refractivity contribution in [3.8, 4) is 5.75 Å². The highest BCUT2D eigenvalue weighted by atomic mass is 16.5. The summed E-state index contributed by atoms with van der Waals surface area (Å²) in [7, 11) is 1.57. The van der Waals surface area contributed by atoms with Crippen molar-refractivity contribution in [3.63, 3.8) is 0 Å². The van der Waals surface area contributed by atoms with Crippen LogP contribution in [0.4, 0.5) is 4.79 Å². The molecule has 2 aliphatic rings. The number of carbonyl (C=O) groups excluding carboxylic acids is 2. The van der Waals surface area contributed by atoms with Gasteiger partial charge in [0.2, 0.25) is 0 Å². The predicted octanol–water partition coefficient (Wildman–Crippen LogP) is 1.66. The molecule has 1 aromatic carbocycles. The maximum absolute atomic E-state index is 12.8. The number of methoxy groups -OCH3 is 1.